The number of amides is 1. The van der Waals surface area contributed by atoms with Crippen molar-refractivity contribution in [2.45, 2.75) is 19.3 Å². The van der Waals surface area contributed by atoms with Crippen LogP contribution in [-0.2, 0) is 4.79 Å². The second kappa shape index (κ2) is 3.92. The van der Waals surface area contributed by atoms with Gasteiger partial charge in [-0.1, -0.05) is 18.2 Å². The Labute approximate surface area is 88.3 Å². The molecule has 2 N–H and O–H groups in total. The van der Waals surface area contributed by atoms with Gasteiger partial charge in [0.05, 0.1) is 0 Å². The third-order valence-corrected chi connectivity index (χ3v) is 2.64. The zero-order valence-corrected chi connectivity index (χ0v) is 8.56. The molecule has 0 saturated carbocycles. The molecular weight excluding hydrogens is 196 g/mol. The Balaban J connectivity index is 2.06. The van der Waals surface area contributed by atoms with Gasteiger partial charge < -0.3 is 5.32 Å². The van der Waals surface area contributed by atoms with Crippen molar-refractivity contribution in [3.8, 4) is 0 Å². The van der Waals surface area contributed by atoms with Gasteiger partial charge in [0.25, 0.3) is 5.91 Å². The van der Waals surface area contributed by atoms with E-state index >= 15 is 0 Å². The minimum atomic E-state index is -0.107. The van der Waals surface area contributed by atoms with Gasteiger partial charge in [0.15, 0.2) is 5.11 Å². The number of carbonyl (C=O) groups excluding carboxylic acids is 1. The van der Waals surface area contributed by atoms with Crippen LogP contribution >= 0.6 is 12.2 Å². The third kappa shape index (κ3) is 2.01. The second-order valence-electron chi connectivity index (χ2n) is 3.53. The van der Waals surface area contributed by atoms with Crippen LogP contribution in [-0.4, -0.2) is 11.0 Å². The van der Waals surface area contributed by atoms with E-state index in [2.05, 4.69) is 22.8 Å². The molecule has 0 bridgehead atoms. The molecule has 1 amide bonds. The molecule has 4 heteroatoms. The standard InChI is InChI=1S/C10H12N2OS/c13-9-8(11-10(14)12-9)6-7-4-2-1-3-5-7/h1-2,6-7H,3-5H2,(H2,11,12,13,14)/b8-6-. The summed E-state index contributed by atoms with van der Waals surface area (Å²) in [7, 11) is 0. The van der Waals surface area contributed by atoms with Gasteiger partial charge in [-0.2, -0.15) is 0 Å². The van der Waals surface area contributed by atoms with E-state index in [-0.39, 0.29) is 5.91 Å². The zero-order valence-electron chi connectivity index (χ0n) is 7.75. The predicted molar refractivity (Wildman–Crippen MR) is 58.4 cm³/mol. The topological polar surface area (TPSA) is 41.1 Å². The maximum Gasteiger partial charge on any atom is 0.273 e. The molecule has 0 spiro atoms. The van der Waals surface area contributed by atoms with Crippen LogP contribution in [0, 0.1) is 5.92 Å². The lowest BCUT2D eigenvalue weighted by Gasteiger charge is -2.13. The molecule has 0 radical (unpaired) electrons. The van der Waals surface area contributed by atoms with Crippen LogP contribution in [0.4, 0.5) is 0 Å². The van der Waals surface area contributed by atoms with Gasteiger partial charge in [-0.05, 0) is 37.4 Å². The number of nitrogens with one attached hydrogen (secondary N) is 2. The molecule has 1 fully saturated rings. The van der Waals surface area contributed by atoms with Crippen LogP contribution in [0.2, 0.25) is 0 Å². The summed E-state index contributed by atoms with van der Waals surface area (Å²) in [4.78, 5) is 11.3. The molecule has 2 rings (SSSR count). The maximum absolute atomic E-state index is 11.3. The van der Waals surface area contributed by atoms with E-state index in [1.807, 2.05) is 6.08 Å². The summed E-state index contributed by atoms with van der Waals surface area (Å²) < 4.78 is 0. The average molecular weight is 208 g/mol. The van der Waals surface area contributed by atoms with Crippen LogP contribution in [0.25, 0.3) is 0 Å². The highest BCUT2D eigenvalue weighted by atomic mass is 32.1. The van der Waals surface area contributed by atoms with Gasteiger partial charge in [0.2, 0.25) is 0 Å². The Bertz CT molecular complexity index is 333. The first-order valence-corrected chi connectivity index (χ1v) is 5.15. The van der Waals surface area contributed by atoms with E-state index in [4.69, 9.17) is 12.2 Å². The normalized spacial score (nSPS) is 29.1. The summed E-state index contributed by atoms with van der Waals surface area (Å²) in [6.45, 7) is 0. The first kappa shape index (κ1) is 9.40. The Kier molecular flexibility index (Phi) is 2.63. The van der Waals surface area contributed by atoms with Crippen molar-refractivity contribution in [2.24, 2.45) is 5.92 Å². The van der Waals surface area contributed by atoms with Crippen molar-refractivity contribution in [3.05, 3.63) is 23.9 Å². The lowest BCUT2D eigenvalue weighted by atomic mass is 9.93. The molecule has 1 saturated heterocycles. The summed E-state index contributed by atoms with van der Waals surface area (Å²) in [5, 5.41) is 5.82. The molecule has 1 heterocycles. The molecule has 1 aliphatic carbocycles. The third-order valence-electron chi connectivity index (χ3n) is 2.43. The Morgan fingerprint density at radius 2 is 2.29 bits per heavy atom. The molecule has 0 aromatic carbocycles. The van der Waals surface area contributed by atoms with Crippen LogP contribution in [0.5, 0.6) is 0 Å². The summed E-state index contributed by atoms with van der Waals surface area (Å²) in [6, 6.07) is 0. The molecule has 3 nitrogen and oxygen atoms in total. The second-order valence-corrected chi connectivity index (χ2v) is 3.94. The van der Waals surface area contributed by atoms with Gasteiger partial charge in [-0.15, -0.1) is 0 Å². The van der Waals surface area contributed by atoms with Gasteiger partial charge in [0.1, 0.15) is 5.70 Å². The number of carbonyl (C=O) groups is 1. The molecule has 1 aliphatic heterocycles. The maximum atomic E-state index is 11.3. The summed E-state index contributed by atoms with van der Waals surface area (Å²) in [5.74, 6) is 0.360. The van der Waals surface area contributed by atoms with E-state index < -0.39 is 0 Å². The van der Waals surface area contributed by atoms with E-state index in [9.17, 15) is 4.79 Å². The largest absolute Gasteiger partial charge is 0.328 e. The smallest absolute Gasteiger partial charge is 0.273 e. The predicted octanol–water partition coefficient (Wildman–Crippen LogP) is 1.23. The summed E-state index contributed by atoms with van der Waals surface area (Å²) in [6.07, 6.45) is 9.56. The van der Waals surface area contributed by atoms with Crippen LogP contribution in [0.3, 0.4) is 0 Å². The Morgan fingerprint density at radius 1 is 1.43 bits per heavy atom. The molecule has 0 aromatic heterocycles. The van der Waals surface area contributed by atoms with E-state index in [0.29, 0.717) is 16.7 Å². The van der Waals surface area contributed by atoms with Gasteiger partial charge in [0, 0.05) is 0 Å². The van der Waals surface area contributed by atoms with Crippen LogP contribution in [0.1, 0.15) is 19.3 Å². The lowest BCUT2D eigenvalue weighted by Crippen LogP contribution is -2.21. The summed E-state index contributed by atoms with van der Waals surface area (Å²) in [5.41, 5.74) is 0.607. The fraction of sp³-hybridized carbons (Fsp3) is 0.400. The first-order chi connectivity index (χ1) is 6.75. The van der Waals surface area contributed by atoms with Crippen molar-refractivity contribution in [2.75, 3.05) is 0 Å². The van der Waals surface area contributed by atoms with E-state index in [1.165, 1.54) is 0 Å². The van der Waals surface area contributed by atoms with Crippen molar-refractivity contribution >= 4 is 23.2 Å². The number of thiocarbonyl (C=S) groups is 1. The number of allylic oxidation sites excluding steroid dienone is 3. The Hall–Kier alpha value is -1.16. The minimum absolute atomic E-state index is 0.107. The highest BCUT2D eigenvalue weighted by Crippen LogP contribution is 2.20. The summed E-state index contributed by atoms with van der Waals surface area (Å²) >= 11 is 4.84. The molecule has 1 atom stereocenters. The van der Waals surface area contributed by atoms with Crippen molar-refractivity contribution in [1.82, 2.24) is 10.6 Å². The average Bonchev–Trinajstić information content (AvgIpc) is 2.47. The highest BCUT2D eigenvalue weighted by Gasteiger charge is 2.21. The van der Waals surface area contributed by atoms with Crippen LogP contribution in [0.15, 0.2) is 23.9 Å². The lowest BCUT2D eigenvalue weighted by molar-refractivity contribution is -0.115. The SMILES string of the molecule is O=C1NC(=S)N/C1=C\C1CC=CCC1. The van der Waals surface area contributed by atoms with Crippen molar-refractivity contribution in [1.29, 1.82) is 0 Å². The fourth-order valence-corrected chi connectivity index (χ4v) is 1.90. The molecule has 0 aromatic rings. The highest BCUT2D eigenvalue weighted by molar-refractivity contribution is 7.80. The Morgan fingerprint density at radius 3 is 2.86 bits per heavy atom. The monoisotopic (exact) mass is 208 g/mol. The quantitative estimate of drug-likeness (QED) is 0.387. The fourth-order valence-electron chi connectivity index (χ4n) is 1.70. The number of hydrogen-bond donors (Lipinski definition) is 2. The van der Waals surface area contributed by atoms with Gasteiger partial charge in [-0.25, -0.2) is 0 Å². The molecule has 1 unspecified atom stereocenters. The van der Waals surface area contributed by atoms with E-state index in [0.717, 1.165) is 19.3 Å². The minimum Gasteiger partial charge on any atom is -0.328 e. The molecular formula is C10H12N2OS. The van der Waals surface area contributed by atoms with Crippen molar-refractivity contribution < 1.29 is 4.79 Å². The zero-order chi connectivity index (χ0) is 9.97. The van der Waals surface area contributed by atoms with Crippen molar-refractivity contribution in [3.63, 3.8) is 0 Å². The number of rotatable bonds is 1. The molecule has 14 heavy (non-hydrogen) atoms. The number of hydrogen-bond acceptors (Lipinski definition) is 2. The molecule has 2 aliphatic rings. The van der Waals surface area contributed by atoms with E-state index in [1.54, 1.807) is 0 Å². The van der Waals surface area contributed by atoms with Crippen LogP contribution < -0.4 is 10.6 Å². The van der Waals surface area contributed by atoms with Gasteiger partial charge in [-0.3, -0.25) is 10.1 Å². The van der Waals surface area contributed by atoms with Gasteiger partial charge >= 0.3 is 0 Å². The first-order valence-electron chi connectivity index (χ1n) is 4.75. The molecule has 74 valence electrons.